The van der Waals surface area contributed by atoms with E-state index in [1.54, 1.807) is 12.2 Å². The molecule has 5 N–H and O–H groups in total. The van der Waals surface area contributed by atoms with Crippen LogP contribution in [0.5, 0.6) is 0 Å². The van der Waals surface area contributed by atoms with Crippen LogP contribution < -0.4 is 0 Å². The lowest BCUT2D eigenvalue weighted by atomic mass is 9.87. The molecule has 1 saturated heterocycles. The molecule has 280 valence electrons. The summed E-state index contributed by atoms with van der Waals surface area (Å²) in [6.45, 7) is 5.52. The third-order valence-corrected chi connectivity index (χ3v) is 8.68. The fourth-order valence-electron chi connectivity index (χ4n) is 5.42. The molecule has 12 nitrogen and oxygen atoms in total. The molecule has 13 heteroatoms. The minimum atomic E-state index is -4.81. The Morgan fingerprint density at radius 1 is 0.896 bits per heavy atom. The zero-order valence-corrected chi connectivity index (χ0v) is 30.2. The van der Waals surface area contributed by atoms with Crippen LogP contribution in [0.25, 0.3) is 0 Å². The maximum absolute atomic E-state index is 12.3. The predicted molar refractivity (Wildman–Crippen MR) is 182 cm³/mol. The third kappa shape index (κ3) is 23.7. The zero-order chi connectivity index (χ0) is 35.8. The van der Waals surface area contributed by atoms with E-state index in [4.69, 9.17) is 24.0 Å². The lowest BCUT2D eigenvalue weighted by Gasteiger charge is -2.36. The van der Waals surface area contributed by atoms with Gasteiger partial charge in [-0.1, -0.05) is 103 Å². The van der Waals surface area contributed by atoms with E-state index in [-0.39, 0.29) is 31.8 Å². The lowest BCUT2D eigenvalue weighted by Crippen LogP contribution is -2.43. The molecule has 0 saturated carbocycles. The standard InChI is InChI=1S/C35H63O12P/c1-4-5-12-18-28(36)22-23-32-30(31(37)24-35(40)47-32)19-14-10-11-15-20-33(38)44-25-29(26-45-48(41,42)43)46-34(39)21-16-9-7-6-8-13-17-27(2)3/h10,14,22-23,27-32,35-37,40H,4-9,11-13,15-21,24-26H2,1-3H3,(H2,41,42,43)/b14-10-,23-22+/t28-,29+,30-,31-,32+,35?/m0/s1. The van der Waals surface area contributed by atoms with Crippen LogP contribution in [0.3, 0.4) is 0 Å². The fourth-order valence-corrected chi connectivity index (χ4v) is 5.78. The van der Waals surface area contributed by atoms with Crippen molar-refractivity contribution in [2.24, 2.45) is 11.8 Å². The van der Waals surface area contributed by atoms with Crippen molar-refractivity contribution in [1.82, 2.24) is 0 Å². The number of carbonyl (C=O) groups excluding carboxylic acids is 2. The largest absolute Gasteiger partial charge is 0.469 e. The van der Waals surface area contributed by atoms with Gasteiger partial charge in [0.15, 0.2) is 12.4 Å². The topological polar surface area (TPSA) is 189 Å². The molecule has 6 atom stereocenters. The monoisotopic (exact) mass is 706 g/mol. The number of hydrogen-bond acceptors (Lipinski definition) is 10. The van der Waals surface area contributed by atoms with E-state index >= 15 is 0 Å². The average Bonchev–Trinajstić information content (AvgIpc) is 3.00. The number of phosphoric ester groups is 1. The van der Waals surface area contributed by atoms with Crippen LogP contribution in [0, 0.1) is 11.8 Å². The molecule has 0 aromatic heterocycles. The molecule has 0 spiro atoms. The van der Waals surface area contributed by atoms with Gasteiger partial charge in [-0.2, -0.15) is 0 Å². The minimum Gasteiger partial charge on any atom is -0.462 e. The first-order valence-corrected chi connectivity index (χ1v) is 19.4. The predicted octanol–water partition coefficient (Wildman–Crippen LogP) is 6.03. The highest BCUT2D eigenvalue weighted by Crippen LogP contribution is 2.36. The van der Waals surface area contributed by atoms with E-state index in [0.29, 0.717) is 38.0 Å². The van der Waals surface area contributed by atoms with Crippen molar-refractivity contribution in [2.45, 2.75) is 161 Å². The average molecular weight is 707 g/mol. The first kappa shape index (κ1) is 44.4. The summed E-state index contributed by atoms with van der Waals surface area (Å²) in [6.07, 6.45) is 15.7. The molecule has 0 amide bonds. The molecular weight excluding hydrogens is 643 g/mol. The summed E-state index contributed by atoms with van der Waals surface area (Å²) in [4.78, 5) is 42.7. The molecule has 48 heavy (non-hydrogen) atoms. The molecule has 0 radical (unpaired) electrons. The molecule has 0 bridgehead atoms. The van der Waals surface area contributed by atoms with Gasteiger partial charge in [-0.3, -0.25) is 14.1 Å². The lowest BCUT2D eigenvalue weighted by molar-refractivity contribution is -0.199. The summed E-state index contributed by atoms with van der Waals surface area (Å²) >= 11 is 0. The maximum Gasteiger partial charge on any atom is 0.469 e. The molecule has 0 aliphatic carbocycles. The van der Waals surface area contributed by atoms with E-state index in [1.165, 1.54) is 19.3 Å². The minimum absolute atomic E-state index is 0.0736. The Kier molecular flexibility index (Phi) is 24.2. The Labute approximate surface area is 287 Å². The van der Waals surface area contributed by atoms with Crippen molar-refractivity contribution in [2.75, 3.05) is 13.2 Å². The zero-order valence-electron chi connectivity index (χ0n) is 29.3. The molecule has 1 aliphatic heterocycles. The summed E-state index contributed by atoms with van der Waals surface area (Å²) < 4.78 is 31.8. The maximum atomic E-state index is 12.3. The van der Waals surface area contributed by atoms with Crippen LogP contribution in [0.2, 0.25) is 0 Å². The van der Waals surface area contributed by atoms with Crippen LogP contribution in [-0.4, -0.2) is 81.0 Å². The first-order valence-electron chi connectivity index (χ1n) is 17.9. The second kappa shape index (κ2) is 26.2. The number of unbranched alkanes of at least 4 members (excludes halogenated alkanes) is 8. The normalized spacial score (nSPS) is 21.6. The van der Waals surface area contributed by atoms with Gasteiger partial charge in [0.05, 0.1) is 24.9 Å². The van der Waals surface area contributed by atoms with E-state index in [2.05, 4.69) is 25.3 Å². The van der Waals surface area contributed by atoms with E-state index in [1.807, 2.05) is 12.2 Å². The van der Waals surface area contributed by atoms with Crippen LogP contribution in [0.15, 0.2) is 24.3 Å². The molecule has 1 unspecified atom stereocenters. The number of esters is 2. The number of aliphatic hydroxyl groups excluding tert-OH is 3. The van der Waals surface area contributed by atoms with Crippen LogP contribution in [0.1, 0.15) is 130 Å². The highest BCUT2D eigenvalue weighted by molar-refractivity contribution is 7.46. The molecule has 1 heterocycles. The van der Waals surface area contributed by atoms with Crippen molar-refractivity contribution in [1.29, 1.82) is 0 Å². The quantitative estimate of drug-likeness (QED) is 0.0289. The van der Waals surface area contributed by atoms with Gasteiger partial charge in [0.1, 0.15) is 6.61 Å². The van der Waals surface area contributed by atoms with Gasteiger partial charge in [-0.15, -0.1) is 0 Å². The second-order valence-electron chi connectivity index (χ2n) is 13.2. The van der Waals surface area contributed by atoms with Gasteiger partial charge in [-0.25, -0.2) is 4.57 Å². The van der Waals surface area contributed by atoms with Gasteiger partial charge in [0.25, 0.3) is 0 Å². The molecule has 1 aliphatic rings. The van der Waals surface area contributed by atoms with Gasteiger partial charge in [0.2, 0.25) is 0 Å². The van der Waals surface area contributed by atoms with Crippen molar-refractivity contribution >= 4 is 19.8 Å². The summed E-state index contributed by atoms with van der Waals surface area (Å²) in [5.74, 6) is -0.692. The molecule has 1 fully saturated rings. The number of hydrogen-bond donors (Lipinski definition) is 5. The SMILES string of the molecule is CCCCC[C@H](O)/C=C/[C@H]1OC(O)C[C@H](O)[C@@H]1C/C=C\CCCC(=O)OC[C@H](COP(=O)(O)O)OC(=O)CCCCCCCCC(C)C. The number of phosphoric acid groups is 1. The summed E-state index contributed by atoms with van der Waals surface area (Å²) in [6, 6.07) is 0. The van der Waals surface area contributed by atoms with E-state index < -0.39 is 57.1 Å². The number of rotatable bonds is 27. The van der Waals surface area contributed by atoms with Crippen LogP contribution >= 0.6 is 7.82 Å². The Balaban J connectivity index is 2.43. The molecule has 1 rings (SSSR count). The number of allylic oxidation sites excluding steroid dienone is 2. The number of carbonyl (C=O) groups is 2. The highest BCUT2D eigenvalue weighted by atomic mass is 31.2. The summed E-state index contributed by atoms with van der Waals surface area (Å²) in [7, 11) is -4.81. The van der Waals surface area contributed by atoms with Crippen molar-refractivity contribution in [3.05, 3.63) is 24.3 Å². The number of ether oxygens (including phenoxy) is 3. The van der Waals surface area contributed by atoms with E-state index in [9.17, 15) is 29.5 Å². The van der Waals surface area contributed by atoms with Crippen LogP contribution in [0.4, 0.5) is 0 Å². The van der Waals surface area contributed by atoms with Crippen LogP contribution in [-0.2, 0) is 32.9 Å². The van der Waals surface area contributed by atoms with Gasteiger partial charge in [-0.05, 0) is 38.0 Å². The van der Waals surface area contributed by atoms with Crippen molar-refractivity contribution < 1.29 is 58.0 Å². The van der Waals surface area contributed by atoms with Crippen molar-refractivity contribution in [3.8, 4) is 0 Å². The second-order valence-corrected chi connectivity index (χ2v) is 14.4. The van der Waals surface area contributed by atoms with E-state index in [0.717, 1.165) is 38.5 Å². The summed E-state index contributed by atoms with van der Waals surface area (Å²) in [5, 5.41) is 30.7. The Bertz CT molecular complexity index is 965. The third-order valence-electron chi connectivity index (χ3n) is 8.20. The fraction of sp³-hybridized carbons (Fsp3) is 0.829. The van der Waals surface area contributed by atoms with Crippen molar-refractivity contribution in [3.63, 3.8) is 0 Å². The molecule has 0 aromatic rings. The molecular formula is C35H63O12P. The van der Waals surface area contributed by atoms with Gasteiger partial charge >= 0.3 is 19.8 Å². The van der Waals surface area contributed by atoms with Gasteiger partial charge in [0, 0.05) is 25.2 Å². The highest BCUT2D eigenvalue weighted by Gasteiger charge is 2.35. The van der Waals surface area contributed by atoms with Gasteiger partial charge < -0.3 is 39.3 Å². The Morgan fingerprint density at radius 3 is 2.25 bits per heavy atom. The first-order chi connectivity index (χ1) is 22.8. The number of aliphatic hydroxyl groups is 3. The summed E-state index contributed by atoms with van der Waals surface area (Å²) in [5.41, 5.74) is 0. The smallest absolute Gasteiger partial charge is 0.462 e. The Hall–Kier alpha value is -1.63. The Morgan fingerprint density at radius 2 is 1.56 bits per heavy atom. The molecule has 0 aromatic carbocycles.